The molecule has 19 heavy (non-hydrogen) atoms. The van der Waals surface area contributed by atoms with Crippen molar-refractivity contribution in [1.82, 2.24) is 15.3 Å². The number of methoxy groups -OCH3 is 1. The number of anilines is 1. The summed E-state index contributed by atoms with van der Waals surface area (Å²) in [5, 5.41) is 5.52. The summed E-state index contributed by atoms with van der Waals surface area (Å²) in [7, 11) is 1.58. The van der Waals surface area contributed by atoms with Crippen LogP contribution in [-0.4, -0.2) is 23.1 Å². The van der Waals surface area contributed by atoms with Crippen LogP contribution in [0.15, 0.2) is 36.7 Å². The van der Waals surface area contributed by atoms with Crippen molar-refractivity contribution in [2.45, 2.75) is 13.0 Å². The van der Waals surface area contributed by atoms with Crippen LogP contribution in [0.25, 0.3) is 0 Å². The molecule has 0 saturated carbocycles. The van der Waals surface area contributed by atoms with Gasteiger partial charge in [-0.2, -0.15) is 0 Å². The monoisotopic (exact) mass is 260 g/mol. The average molecular weight is 260 g/mol. The van der Waals surface area contributed by atoms with Crippen LogP contribution < -0.4 is 15.4 Å². The number of aromatic nitrogens is 2. The average Bonchev–Trinajstić information content (AvgIpc) is 2.92. The van der Waals surface area contributed by atoms with Gasteiger partial charge >= 0.3 is 6.03 Å². The molecule has 1 unspecified atom stereocenters. The number of nitrogens with zero attached hydrogens (tertiary/aromatic N) is 1. The standard InChI is InChI=1S/C13H16N4O2/c1-9(12-14-6-7-15-12)16-13(18)17-10-4-3-5-11(8-10)19-2/h3-9H,1-2H3,(H,14,15)(H2,16,17,18). The number of benzene rings is 1. The Bertz CT molecular complexity index is 539. The van der Waals surface area contributed by atoms with Crippen molar-refractivity contribution in [3.05, 3.63) is 42.5 Å². The summed E-state index contributed by atoms with van der Waals surface area (Å²) in [5.41, 5.74) is 0.670. The molecule has 0 radical (unpaired) electrons. The number of carbonyl (C=O) groups excluding carboxylic acids is 1. The number of ether oxygens (including phenoxy) is 1. The Balaban J connectivity index is 1.93. The zero-order valence-corrected chi connectivity index (χ0v) is 10.8. The maximum absolute atomic E-state index is 11.8. The Morgan fingerprint density at radius 2 is 2.32 bits per heavy atom. The number of aromatic amines is 1. The summed E-state index contributed by atoms with van der Waals surface area (Å²) in [6, 6.07) is 6.67. The van der Waals surface area contributed by atoms with Gasteiger partial charge in [-0.05, 0) is 19.1 Å². The van der Waals surface area contributed by atoms with E-state index in [4.69, 9.17) is 4.74 Å². The highest BCUT2D eigenvalue weighted by Crippen LogP contribution is 2.16. The molecule has 0 saturated heterocycles. The predicted octanol–water partition coefficient (Wildman–Crippen LogP) is 2.30. The highest BCUT2D eigenvalue weighted by Gasteiger charge is 2.11. The largest absolute Gasteiger partial charge is 0.497 e. The van der Waals surface area contributed by atoms with E-state index in [1.54, 1.807) is 31.6 Å². The number of hydrogen-bond donors (Lipinski definition) is 3. The lowest BCUT2D eigenvalue weighted by molar-refractivity contribution is 0.249. The number of H-pyrrole nitrogens is 1. The number of amides is 2. The number of hydrogen-bond acceptors (Lipinski definition) is 3. The first-order valence-electron chi connectivity index (χ1n) is 5.90. The molecule has 1 heterocycles. The van der Waals surface area contributed by atoms with Crippen LogP contribution in [0.1, 0.15) is 18.8 Å². The van der Waals surface area contributed by atoms with Crippen LogP contribution in [0.2, 0.25) is 0 Å². The molecule has 100 valence electrons. The van der Waals surface area contributed by atoms with Gasteiger partial charge in [-0.3, -0.25) is 0 Å². The molecule has 0 aliphatic carbocycles. The predicted molar refractivity (Wildman–Crippen MR) is 72.2 cm³/mol. The van der Waals surface area contributed by atoms with Crippen molar-refractivity contribution >= 4 is 11.7 Å². The van der Waals surface area contributed by atoms with Crippen LogP contribution >= 0.6 is 0 Å². The second-order valence-electron chi connectivity index (χ2n) is 4.03. The number of nitrogens with one attached hydrogen (secondary N) is 3. The lowest BCUT2D eigenvalue weighted by Crippen LogP contribution is -2.31. The Hall–Kier alpha value is -2.50. The zero-order chi connectivity index (χ0) is 13.7. The normalized spacial score (nSPS) is 11.7. The number of carbonyl (C=O) groups is 1. The lowest BCUT2D eigenvalue weighted by atomic mass is 10.3. The zero-order valence-electron chi connectivity index (χ0n) is 10.8. The third-order valence-corrected chi connectivity index (χ3v) is 2.60. The van der Waals surface area contributed by atoms with Gasteiger partial charge in [0.2, 0.25) is 0 Å². The molecule has 1 atom stereocenters. The summed E-state index contributed by atoms with van der Waals surface area (Å²) in [6.45, 7) is 1.85. The van der Waals surface area contributed by atoms with E-state index in [9.17, 15) is 4.79 Å². The third-order valence-electron chi connectivity index (χ3n) is 2.60. The van der Waals surface area contributed by atoms with E-state index in [2.05, 4.69) is 20.6 Å². The van der Waals surface area contributed by atoms with E-state index in [0.29, 0.717) is 17.3 Å². The molecule has 0 aliphatic rings. The Morgan fingerprint density at radius 1 is 1.47 bits per heavy atom. The molecule has 2 amide bonds. The highest BCUT2D eigenvalue weighted by atomic mass is 16.5. The molecule has 0 fully saturated rings. The summed E-state index contributed by atoms with van der Waals surface area (Å²) in [6.07, 6.45) is 3.36. The summed E-state index contributed by atoms with van der Waals surface area (Å²) in [5.74, 6) is 1.40. The molecule has 2 aromatic rings. The summed E-state index contributed by atoms with van der Waals surface area (Å²) < 4.78 is 5.09. The van der Waals surface area contributed by atoms with Crippen LogP contribution in [0.5, 0.6) is 5.75 Å². The second kappa shape index (κ2) is 5.90. The van der Waals surface area contributed by atoms with Gasteiger partial charge in [-0.25, -0.2) is 9.78 Å². The minimum Gasteiger partial charge on any atom is -0.497 e. The van der Waals surface area contributed by atoms with E-state index in [0.717, 1.165) is 0 Å². The molecular weight excluding hydrogens is 244 g/mol. The smallest absolute Gasteiger partial charge is 0.319 e. The van der Waals surface area contributed by atoms with E-state index in [1.165, 1.54) is 0 Å². The van der Waals surface area contributed by atoms with E-state index in [1.807, 2.05) is 19.1 Å². The van der Waals surface area contributed by atoms with Gasteiger partial charge in [-0.1, -0.05) is 6.07 Å². The molecule has 6 heteroatoms. The molecule has 0 spiro atoms. The molecule has 0 aliphatic heterocycles. The molecule has 2 rings (SSSR count). The van der Waals surface area contributed by atoms with Crippen LogP contribution in [-0.2, 0) is 0 Å². The Morgan fingerprint density at radius 3 is 3.00 bits per heavy atom. The van der Waals surface area contributed by atoms with Crippen LogP contribution in [0, 0.1) is 0 Å². The first-order chi connectivity index (χ1) is 9.19. The van der Waals surface area contributed by atoms with Gasteiger partial charge in [0.15, 0.2) is 0 Å². The Labute approximate surface area is 111 Å². The van der Waals surface area contributed by atoms with Crippen molar-refractivity contribution in [2.75, 3.05) is 12.4 Å². The van der Waals surface area contributed by atoms with E-state index < -0.39 is 0 Å². The Kier molecular flexibility index (Phi) is 4.02. The van der Waals surface area contributed by atoms with Crippen LogP contribution in [0.4, 0.5) is 10.5 Å². The molecule has 6 nitrogen and oxygen atoms in total. The molecular formula is C13H16N4O2. The minimum absolute atomic E-state index is 0.194. The van der Waals surface area contributed by atoms with Crippen LogP contribution in [0.3, 0.4) is 0 Å². The summed E-state index contributed by atoms with van der Waals surface area (Å²) in [4.78, 5) is 18.8. The minimum atomic E-state index is -0.294. The maximum Gasteiger partial charge on any atom is 0.319 e. The first-order valence-corrected chi connectivity index (χ1v) is 5.90. The van der Waals surface area contributed by atoms with Gasteiger partial charge in [0.05, 0.1) is 13.2 Å². The number of imidazole rings is 1. The van der Waals surface area contributed by atoms with Crippen molar-refractivity contribution in [3.63, 3.8) is 0 Å². The summed E-state index contributed by atoms with van der Waals surface area (Å²) >= 11 is 0. The van der Waals surface area contributed by atoms with Crippen molar-refractivity contribution in [2.24, 2.45) is 0 Å². The maximum atomic E-state index is 11.8. The molecule has 0 bridgehead atoms. The van der Waals surface area contributed by atoms with E-state index >= 15 is 0 Å². The number of urea groups is 1. The first kappa shape index (κ1) is 12.9. The number of rotatable bonds is 4. The van der Waals surface area contributed by atoms with Gasteiger partial charge in [0.1, 0.15) is 11.6 Å². The van der Waals surface area contributed by atoms with Gasteiger partial charge in [0, 0.05) is 24.1 Å². The fourth-order valence-electron chi connectivity index (χ4n) is 1.65. The highest BCUT2D eigenvalue weighted by molar-refractivity contribution is 5.89. The second-order valence-corrected chi connectivity index (χ2v) is 4.03. The third kappa shape index (κ3) is 3.48. The van der Waals surface area contributed by atoms with Gasteiger partial charge < -0.3 is 20.4 Å². The van der Waals surface area contributed by atoms with Crippen molar-refractivity contribution < 1.29 is 9.53 Å². The SMILES string of the molecule is COc1cccc(NC(=O)NC(C)c2ncc[nH]2)c1. The fraction of sp³-hybridized carbons (Fsp3) is 0.231. The molecule has 1 aromatic heterocycles. The quantitative estimate of drug-likeness (QED) is 0.789. The lowest BCUT2D eigenvalue weighted by Gasteiger charge is -2.13. The van der Waals surface area contributed by atoms with Crippen molar-refractivity contribution in [1.29, 1.82) is 0 Å². The van der Waals surface area contributed by atoms with Crippen molar-refractivity contribution in [3.8, 4) is 5.75 Å². The molecule has 3 N–H and O–H groups in total. The topological polar surface area (TPSA) is 79.0 Å². The molecule has 1 aromatic carbocycles. The van der Waals surface area contributed by atoms with Gasteiger partial charge in [-0.15, -0.1) is 0 Å². The van der Waals surface area contributed by atoms with E-state index in [-0.39, 0.29) is 12.1 Å². The van der Waals surface area contributed by atoms with Gasteiger partial charge in [0.25, 0.3) is 0 Å². The fourth-order valence-corrected chi connectivity index (χ4v) is 1.65.